The molecule has 3 aromatic carbocycles. The second-order valence-electron chi connectivity index (χ2n) is 10.4. The van der Waals surface area contributed by atoms with Crippen LogP contribution in [0.15, 0.2) is 87.7 Å². The number of oxime groups is 1. The number of halogens is 2. The Labute approximate surface area is 283 Å². The molecular formula is C30H41Cl2N5O7S2. The van der Waals surface area contributed by atoms with E-state index in [0.717, 1.165) is 17.7 Å². The number of hydrogen-bond donors (Lipinski definition) is 2. The highest BCUT2D eigenvalue weighted by Gasteiger charge is 2.38. The first-order valence-electron chi connectivity index (χ1n) is 14.3. The SMILES string of the molecule is CCN(C1CCN(Cc2ccccc2)C1)S(=O)(=O)c1ccccc1S(=O)(=O)Oc1ccc(C)cc1OCCCON=C(N)N.Cl.Cl. The Morgan fingerprint density at radius 1 is 0.935 bits per heavy atom. The van der Waals surface area contributed by atoms with E-state index < -0.39 is 25.0 Å². The van der Waals surface area contributed by atoms with Crippen molar-refractivity contribution < 1.29 is 30.6 Å². The molecule has 1 fully saturated rings. The zero-order chi connectivity index (χ0) is 31.7. The van der Waals surface area contributed by atoms with Crippen LogP contribution in [0.5, 0.6) is 11.5 Å². The molecule has 0 radical (unpaired) electrons. The Morgan fingerprint density at radius 2 is 1.61 bits per heavy atom. The van der Waals surface area contributed by atoms with Crippen molar-refractivity contribution in [3.05, 3.63) is 83.9 Å². The zero-order valence-corrected chi connectivity index (χ0v) is 28.9. The summed E-state index contributed by atoms with van der Waals surface area (Å²) in [4.78, 5) is 6.35. The molecular weight excluding hydrogens is 677 g/mol. The maximum atomic E-state index is 14.0. The van der Waals surface area contributed by atoms with Crippen molar-refractivity contribution in [3.8, 4) is 11.5 Å². The largest absolute Gasteiger partial charge is 0.489 e. The van der Waals surface area contributed by atoms with Crippen molar-refractivity contribution >= 4 is 50.9 Å². The minimum Gasteiger partial charge on any atom is -0.489 e. The molecule has 46 heavy (non-hydrogen) atoms. The predicted molar refractivity (Wildman–Crippen MR) is 181 cm³/mol. The van der Waals surface area contributed by atoms with Crippen molar-refractivity contribution in [2.75, 3.05) is 32.8 Å². The van der Waals surface area contributed by atoms with Gasteiger partial charge in [-0.05, 0) is 53.9 Å². The van der Waals surface area contributed by atoms with Gasteiger partial charge in [0.1, 0.15) is 16.4 Å². The summed E-state index contributed by atoms with van der Waals surface area (Å²) >= 11 is 0. The van der Waals surface area contributed by atoms with Crippen LogP contribution in [0.3, 0.4) is 0 Å². The molecule has 0 spiro atoms. The van der Waals surface area contributed by atoms with Gasteiger partial charge in [-0.2, -0.15) is 12.7 Å². The highest BCUT2D eigenvalue weighted by molar-refractivity contribution is 7.91. The molecule has 1 atom stereocenters. The number of nitrogens with two attached hydrogens (primary N) is 2. The van der Waals surface area contributed by atoms with Crippen LogP contribution in [0.4, 0.5) is 0 Å². The number of guanidine groups is 1. The molecule has 1 unspecified atom stereocenters. The molecule has 254 valence electrons. The normalized spacial score (nSPS) is 15.0. The topological polar surface area (TPSA) is 167 Å². The quantitative estimate of drug-likeness (QED) is 0.0775. The first-order chi connectivity index (χ1) is 21.0. The Balaban J connectivity index is 0.00000368. The average Bonchev–Trinajstić information content (AvgIpc) is 3.44. The minimum atomic E-state index is -4.59. The summed E-state index contributed by atoms with van der Waals surface area (Å²) in [6.07, 6.45) is 1.03. The number of likely N-dealkylation sites (N-methyl/N-ethyl adjacent to an activating group) is 1. The molecule has 1 saturated heterocycles. The number of sulfonamides is 1. The number of aryl methyl sites for hydroxylation is 1. The molecule has 4 N–H and O–H groups in total. The van der Waals surface area contributed by atoms with Gasteiger partial charge in [0.25, 0.3) is 0 Å². The number of hydrogen-bond acceptors (Lipinski definition) is 9. The van der Waals surface area contributed by atoms with Gasteiger partial charge in [0.15, 0.2) is 11.5 Å². The van der Waals surface area contributed by atoms with Gasteiger partial charge in [-0.1, -0.05) is 55.5 Å². The van der Waals surface area contributed by atoms with Crippen LogP contribution in [0.25, 0.3) is 0 Å². The molecule has 16 heteroatoms. The Kier molecular flexibility index (Phi) is 14.9. The lowest BCUT2D eigenvalue weighted by Crippen LogP contribution is -2.42. The van der Waals surface area contributed by atoms with Gasteiger partial charge in [0.05, 0.1) is 6.61 Å². The second-order valence-corrected chi connectivity index (χ2v) is 13.7. The van der Waals surface area contributed by atoms with Crippen molar-refractivity contribution in [3.63, 3.8) is 0 Å². The highest BCUT2D eigenvalue weighted by Crippen LogP contribution is 2.34. The molecule has 1 aliphatic rings. The van der Waals surface area contributed by atoms with Gasteiger partial charge < -0.3 is 25.2 Å². The summed E-state index contributed by atoms with van der Waals surface area (Å²) in [6, 6.07) is 19.9. The van der Waals surface area contributed by atoms with Crippen molar-refractivity contribution in [2.24, 2.45) is 16.6 Å². The van der Waals surface area contributed by atoms with E-state index in [1.54, 1.807) is 19.1 Å². The van der Waals surface area contributed by atoms with E-state index in [2.05, 4.69) is 10.1 Å². The Bertz CT molecular complexity index is 1660. The molecule has 0 aromatic heterocycles. The van der Waals surface area contributed by atoms with Crippen LogP contribution >= 0.6 is 24.8 Å². The fraction of sp³-hybridized carbons (Fsp3) is 0.367. The summed E-state index contributed by atoms with van der Waals surface area (Å²) in [5, 5.41) is 3.43. The monoisotopic (exact) mass is 717 g/mol. The summed E-state index contributed by atoms with van der Waals surface area (Å²) in [5.41, 5.74) is 12.4. The van der Waals surface area contributed by atoms with Crippen LogP contribution in [-0.2, 0) is 31.5 Å². The first kappa shape index (κ1) is 38.9. The molecule has 1 aliphatic heterocycles. The third kappa shape index (κ3) is 10.1. The maximum absolute atomic E-state index is 14.0. The number of nitrogens with zero attached hydrogens (tertiary/aromatic N) is 3. The zero-order valence-electron chi connectivity index (χ0n) is 25.6. The summed E-state index contributed by atoms with van der Waals surface area (Å²) < 4.78 is 68.0. The van der Waals surface area contributed by atoms with Crippen molar-refractivity contribution in [1.29, 1.82) is 0 Å². The molecule has 12 nitrogen and oxygen atoms in total. The van der Waals surface area contributed by atoms with Gasteiger partial charge in [-0.3, -0.25) is 4.90 Å². The molecule has 4 rings (SSSR count). The van der Waals surface area contributed by atoms with Gasteiger partial charge >= 0.3 is 10.1 Å². The van der Waals surface area contributed by atoms with Crippen molar-refractivity contribution in [2.45, 2.75) is 49.1 Å². The highest BCUT2D eigenvalue weighted by atomic mass is 35.5. The van der Waals surface area contributed by atoms with Crippen LogP contribution in [-0.4, -0.2) is 70.9 Å². The van der Waals surface area contributed by atoms with E-state index in [1.807, 2.05) is 37.3 Å². The van der Waals surface area contributed by atoms with Crippen LogP contribution in [0, 0.1) is 6.92 Å². The Morgan fingerprint density at radius 3 is 2.28 bits per heavy atom. The van der Waals surface area contributed by atoms with E-state index in [1.165, 1.54) is 34.6 Å². The van der Waals surface area contributed by atoms with E-state index in [-0.39, 0.29) is 73.0 Å². The van der Waals surface area contributed by atoms with E-state index >= 15 is 0 Å². The molecule has 3 aromatic rings. The van der Waals surface area contributed by atoms with E-state index in [4.69, 9.17) is 25.2 Å². The smallest absolute Gasteiger partial charge is 0.340 e. The lowest BCUT2D eigenvalue weighted by Gasteiger charge is -2.28. The molecule has 1 heterocycles. The molecule has 0 aliphatic carbocycles. The Hall–Kier alpha value is -3.27. The average molecular weight is 719 g/mol. The molecule has 0 saturated carbocycles. The lowest BCUT2D eigenvalue weighted by atomic mass is 10.2. The lowest BCUT2D eigenvalue weighted by molar-refractivity contribution is 0.126. The standard InChI is InChI=1S/C30H39N5O7S2.2ClH/c1-3-35(25-16-17-34(22-25)21-24-10-5-4-6-11-24)43(36,37)28-12-7-8-13-29(28)44(38,39)42-26-15-14-23(2)20-27(26)40-18-9-19-41-33-30(31)32;;/h4-8,10-15,20,25H,3,9,16-19,21-22H2,1-2H3,(H4,31,32,33);2*1H. The van der Waals surface area contributed by atoms with Gasteiger partial charge in [-0.15, -0.1) is 24.8 Å². The number of likely N-dealkylation sites (tertiary alicyclic amines) is 1. The minimum absolute atomic E-state index is 0. The summed E-state index contributed by atoms with van der Waals surface area (Å²) in [5.74, 6) is -0.105. The van der Waals surface area contributed by atoms with E-state index in [0.29, 0.717) is 25.9 Å². The number of ether oxygens (including phenoxy) is 1. The first-order valence-corrected chi connectivity index (χ1v) is 17.1. The molecule has 0 amide bonds. The van der Waals surface area contributed by atoms with Crippen molar-refractivity contribution in [1.82, 2.24) is 9.21 Å². The summed E-state index contributed by atoms with van der Waals surface area (Å²) in [6.45, 7) is 6.05. The number of rotatable bonds is 15. The fourth-order valence-electron chi connectivity index (χ4n) is 5.04. The third-order valence-electron chi connectivity index (χ3n) is 7.03. The van der Waals surface area contributed by atoms with Crippen LogP contribution < -0.4 is 20.4 Å². The fourth-order valence-corrected chi connectivity index (χ4v) is 8.41. The predicted octanol–water partition coefficient (Wildman–Crippen LogP) is 3.87. The van der Waals surface area contributed by atoms with Gasteiger partial charge in [-0.25, -0.2) is 8.42 Å². The van der Waals surface area contributed by atoms with Gasteiger partial charge in [0.2, 0.25) is 16.0 Å². The van der Waals surface area contributed by atoms with Gasteiger partial charge in [0, 0.05) is 38.6 Å². The second kappa shape index (κ2) is 17.6. The van der Waals surface area contributed by atoms with E-state index in [9.17, 15) is 16.8 Å². The summed E-state index contributed by atoms with van der Waals surface area (Å²) in [7, 11) is -8.80. The number of benzene rings is 3. The van der Waals surface area contributed by atoms with Crippen LogP contribution in [0.1, 0.15) is 30.9 Å². The third-order valence-corrected chi connectivity index (χ3v) is 10.5. The molecule has 0 bridgehead atoms. The maximum Gasteiger partial charge on any atom is 0.340 e. The van der Waals surface area contributed by atoms with Crippen LogP contribution in [0.2, 0.25) is 0 Å².